The van der Waals surface area contributed by atoms with Crippen LogP contribution in [0.5, 0.6) is 5.75 Å². The zero-order valence-corrected chi connectivity index (χ0v) is 16.6. The molecule has 1 atom stereocenters. The molecule has 0 amide bonds. The molecule has 142 valence electrons. The summed E-state index contributed by atoms with van der Waals surface area (Å²) in [5.41, 5.74) is 1.12. The van der Waals surface area contributed by atoms with Gasteiger partial charge in [0.2, 0.25) is 0 Å². The predicted molar refractivity (Wildman–Crippen MR) is 104 cm³/mol. The Kier molecular flexibility index (Phi) is 7.00. The zero-order chi connectivity index (χ0) is 19.1. The van der Waals surface area contributed by atoms with Gasteiger partial charge < -0.3 is 19.9 Å². The quantitative estimate of drug-likeness (QED) is 0.587. The molecule has 0 fully saturated rings. The zero-order valence-electron chi connectivity index (χ0n) is 16.6. The Balaban J connectivity index is 2.07. The van der Waals surface area contributed by atoms with Crippen molar-refractivity contribution in [2.24, 2.45) is 18.0 Å². The van der Waals surface area contributed by atoms with Gasteiger partial charge in [-0.25, -0.2) is 4.99 Å². The van der Waals surface area contributed by atoms with Crippen LogP contribution in [0, 0.1) is 12.8 Å². The summed E-state index contributed by atoms with van der Waals surface area (Å²) in [5, 5.41) is 15.1. The first kappa shape index (κ1) is 19.8. The Morgan fingerprint density at radius 3 is 2.42 bits per heavy atom. The third-order valence-corrected chi connectivity index (χ3v) is 4.54. The molecule has 1 aromatic heterocycles. The minimum atomic E-state index is 0.304. The summed E-state index contributed by atoms with van der Waals surface area (Å²) in [6, 6.07) is 8.25. The molecule has 0 aliphatic carbocycles. The lowest BCUT2D eigenvalue weighted by Gasteiger charge is -2.21. The highest BCUT2D eigenvalue weighted by molar-refractivity contribution is 5.80. The molecule has 0 spiro atoms. The number of aliphatic imine (C=N–C) groups is 1. The second-order valence-electron chi connectivity index (χ2n) is 6.77. The van der Waals surface area contributed by atoms with Gasteiger partial charge in [0.05, 0.1) is 20.2 Å². The van der Waals surface area contributed by atoms with Crippen molar-refractivity contribution >= 4 is 5.96 Å². The Bertz CT molecular complexity index is 720. The molecule has 26 heavy (non-hydrogen) atoms. The molecule has 1 heterocycles. The molecule has 0 aliphatic heterocycles. The number of rotatable bonds is 7. The van der Waals surface area contributed by atoms with Gasteiger partial charge in [0.25, 0.3) is 0 Å². The van der Waals surface area contributed by atoms with Crippen molar-refractivity contribution in [1.82, 2.24) is 25.4 Å². The highest BCUT2D eigenvalue weighted by Gasteiger charge is 2.11. The molecule has 1 aromatic carbocycles. The van der Waals surface area contributed by atoms with Gasteiger partial charge in [0.15, 0.2) is 11.8 Å². The molecule has 1 unspecified atom stereocenters. The van der Waals surface area contributed by atoms with Crippen molar-refractivity contribution in [3.05, 3.63) is 41.5 Å². The standard InChI is InChI=1S/C19H30N6O/c1-13(2)14(3)22-19(21-12-18-24-23-15(4)25(18)5)20-11-16-7-9-17(26-6)10-8-16/h7-10,13-14H,11-12H2,1-6H3,(H2,20,21,22). The number of hydrogen-bond acceptors (Lipinski definition) is 4. The van der Waals surface area contributed by atoms with Gasteiger partial charge in [-0.05, 0) is 37.5 Å². The minimum absolute atomic E-state index is 0.304. The van der Waals surface area contributed by atoms with Crippen LogP contribution in [0.4, 0.5) is 0 Å². The van der Waals surface area contributed by atoms with Crippen LogP contribution in [-0.4, -0.2) is 33.9 Å². The number of guanidine groups is 1. The van der Waals surface area contributed by atoms with Gasteiger partial charge >= 0.3 is 0 Å². The molecule has 0 radical (unpaired) electrons. The normalized spacial score (nSPS) is 13.0. The average Bonchev–Trinajstić information content (AvgIpc) is 2.96. The summed E-state index contributed by atoms with van der Waals surface area (Å²) < 4.78 is 7.17. The van der Waals surface area contributed by atoms with Crippen molar-refractivity contribution in [1.29, 1.82) is 0 Å². The van der Waals surface area contributed by atoms with Gasteiger partial charge in [-0.15, -0.1) is 10.2 Å². The number of aromatic nitrogens is 3. The van der Waals surface area contributed by atoms with E-state index < -0.39 is 0 Å². The smallest absolute Gasteiger partial charge is 0.192 e. The number of hydrogen-bond donors (Lipinski definition) is 2. The van der Waals surface area contributed by atoms with Crippen LogP contribution in [0.15, 0.2) is 29.3 Å². The van der Waals surface area contributed by atoms with Gasteiger partial charge in [-0.1, -0.05) is 26.0 Å². The highest BCUT2D eigenvalue weighted by atomic mass is 16.5. The molecular formula is C19H30N6O. The van der Waals surface area contributed by atoms with Crippen LogP contribution < -0.4 is 15.4 Å². The Morgan fingerprint density at radius 2 is 1.88 bits per heavy atom. The van der Waals surface area contributed by atoms with Gasteiger partial charge in [0, 0.05) is 13.1 Å². The van der Waals surface area contributed by atoms with Crippen molar-refractivity contribution in [2.75, 3.05) is 7.11 Å². The van der Waals surface area contributed by atoms with Crippen LogP contribution in [0.25, 0.3) is 0 Å². The van der Waals surface area contributed by atoms with E-state index in [9.17, 15) is 0 Å². The van der Waals surface area contributed by atoms with Crippen LogP contribution in [-0.2, 0) is 20.1 Å². The van der Waals surface area contributed by atoms with E-state index in [1.807, 2.05) is 42.8 Å². The molecule has 0 saturated carbocycles. The Morgan fingerprint density at radius 1 is 1.19 bits per heavy atom. The summed E-state index contributed by atoms with van der Waals surface area (Å²) in [7, 11) is 3.63. The summed E-state index contributed by atoms with van der Waals surface area (Å²) >= 11 is 0. The Hall–Kier alpha value is -2.57. The molecular weight excluding hydrogens is 328 g/mol. The fourth-order valence-corrected chi connectivity index (χ4v) is 2.20. The van der Waals surface area contributed by atoms with E-state index in [4.69, 9.17) is 9.73 Å². The largest absolute Gasteiger partial charge is 0.497 e. The topological polar surface area (TPSA) is 76.4 Å². The lowest BCUT2D eigenvalue weighted by atomic mass is 10.1. The maximum atomic E-state index is 5.20. The van der Waals surface area contributed by atoms with Crippen LogP contribution >= 0.6 is 0 Å². The van der Waals surface area contributed by atoms with E-state index in [1.54, 1.807) is 7.11 Å². The fraction of sp³-hybridized carbons (Fsp3) is 0.526. The maximum Gasteiger partial charge on any atom is 0.192 e. The van der Waals surface area contributed by atoms with Crippen LogP contribution in [0.3, 0.4) is 0 Å². The highest BCUT2D eigenvalue weighted by Crippen LogP contribution is 2.12. The van der Waals surface area contributed by atoms with Crippen molar-refractivity contribution in [3.8, 4) is 5.75 Å². The predicted octanol–water partition coefficient (Wildman–Crippen LogP) is 2.41. The summed E-state index contributed by atoms with van der Waals surface area (Å²) in [6.07, 6.45) is 0. The second-order valence-corrected chi connectivity index (χ2v) is 6.77. The first-order valence-corrected chi connectivity index (χ1v) is 8.93. The third kappa shape index (κ3) is 5.47. The van der Waals surface area contributed by atoms with E-state index in [0.29, 0.717) is 25.0 Å². The van der Waals surface area contributed by atoms with E-state index in [1.165, 1.54) is 0 Å². The first-order valence-electron chi connectivity index (χ1n) is 8.93. The number of methoxy groups -OCH3 is 1. The lowest BCUT2D eigenvalue weighted by molar-refractivity contribution is 0.414. The maximum absolute atomic E-state index is 5.20. The summed E-state index contributed by atoms with van der Waals surface area (Å²) in [6.45, 7) is 9.62. The van der Waals surface area contributed by atoms with Gasteiger partial charge in [0.1, 0.15) is 11.6 Å². The lowest BCUT2D eigenvalue weighted by Crippen LogP contribution is -2.44. The first-order chi connectivity index (χ1) is 12.4. The monoisotopic (exact) mass is 358 g/mol. The fourth-order valence-electron chi connectivity index (χ4n) is 2.20. The minimum Gasteiger partial charge on any atom is -0.497 e. The summed E-state index contributed by atoms with van der Waals surface area (Å²) in [4.78, 5) is 4.72. The number of ether oxygens (including phenoxy) is 1. The SMILES string of the molecule is COc1ccc(CN=C(NCc2nnc(C)n2C)NC(C)C(C)C)cc1. The molecule has 7 heteroatoms. The second kappa shape index (κ2) is 9.22. The van der Waals surface area contributed by atoms with Crippen LogP contribution in [0.1, 0.15) is 38.0 Å². The van der Waals surface area contributed by atoms with Crippen LogP contribution in [0.2, 0.25) is 0 Å². The number of benzene rings is 1. The third-order valence-electron chi connectivity index (χ3n) is 4.54. The molecule has 0 bridgehead atoms. The molecule has 0 saturated heterocycles. The Labute approximate surface area is 155 Å². The van der Waals surface area contributed by atoms with Gasteiger partial charge in [-0.2, -0.15) is 0 Å². The van der Waals surface area contributed by atoms with Crippen molar-refractivity contribution < 1.29 is 4.74 Å². The number of nitrogens with zero attached hydrogens (tertiary/aromatic N) is 4. The van der Waals surface area contributed by atoms with E-state index in [0.717, 1.165) is 28.9 Å². The van der Waals surface area contributed by atoms with E-state index in [-0.39, 0.29) is 0 Å². The molecule has 2 N–H and O–H groups in total. The molecule has 7 nitrogen and oxygen atoms in total. The molecule has 2 rings (SSSR count). The molecule has 0 aliphatic rings. The van der Waals surface area contributed by atoms with Crippen molar-refractivity contribution in [3.63, 3.8) is 0 Å². The number of aryl methyl sites for hydroxylation is 1. The molecule has 2 aromatic rings. The van der Waals surface area contributed by atoms with E-state index in [2.05, 4.69) is 41.6 Å². The summed E-state index contributed by atoms with van der Waals surface area (Å²) in [5.74, 6) is 3.88. The average molecular weight is 358 g/mol. The van der Waals surface area contributed by atoms with E-state index >= 15 is 0 Å². The number of nitrogens with one attached hydrogen (secondary N) is 2. The van der Waals surface area contributed by atoms with Crippen molar-refractivity contribution in [2.45, 2.75) is 46.8 Å². The van der Waals surface area contributed by atoms with Gasteiger partial charge in [-0.3, -0.25) is 0 Å².